The molecule has 7 heteroatoms. The Morgan fingerprint density at radius 3 is 2.45 bits per heavy atom. The van der Waals surface area contributed by atoms with Gasteiger partial charge < -0.3 is 19.1 Å². The number of rotatable bonds is 4. The Labute approximate surface area is 128 Å². The Morgan fingerprint density at radius 2 is 1.90 bits per heavy atom. The number of carboxylic acid groups (broad SMARTS) is 1. The monoisotopic (exact) mass is 359 g/mol. The van der Waals surface area contributed by atoms with E-state index in [1.165, 1.54) is 24.9 Å². The quantitative estimate of drug-likeness (QED) is 0.905. The number of hydrogen-bond acceptors (Lipinski definition) is 3. The predicted octanol–water partition coefficient (Wildman–Crippen LogP) is 3.61. The van der Waals surface area contributed by atoms with Crippen molar-refractivity contribution in [2.75, 3.05) is 14.2 Å². The first-order valence-electron chi connectivity index (χ1n) is 5.51. The summed E-state index contributed by atoms with van der Waals surface area (Å²) < 4.78 is 12.5. The zero-order valence-corrected chi connectivity index (χ0v) is 13.0. The highest BCUT2D eigenvalue weighted by atomic mass is 79.9. The fourth-order valence-electron chi connectivity index (χ4n) is 1.83. The molecule has 0 saturated carbocycles. The lowest BCUT2D eigenvalue weighted by Gasteiger charge is -2.14. The Morgan fingerprint density at radius 1 is 1.25 bits per heavy atom. The number of hydrogen-bond donors (Lipinski definition) is 1. The summed E-state index contributed by atoms with van der Waals surface area (Å²) in [4.78, 5) is 11.3. The topological polar surface area (TPSA) is 60.7 Å². The highest BCUT2D eigenvalue weighted by Crippen LogP contribution is 2.36. The molecule has 0 radical (unpaired) electrons. The third-order valence-electron chi connectivity index (χ3n) is 2.72. The average Bonchev–Trinajstić information content (AvgIpc) is 2.80. The van der Waals surface area contributed by atoms with Gasteiger partial charge in [-0.25, -0.2) is 4.79 Å². The van der Waals surface area contributed by atoms with Gasteiger partial charge in [0.1, 0.15) is 17.2 Å². The van der Waals surface area contributed by atoms with Crippen molar-refractivity contribution in [2.45, 2.75) is 0 Å². The highest BCUT2D eigenvalue weighted by molar-refractivity contribution is 9.10. The molecule has 0 amide bonds. The fraction of sp³-hybridized carbons (Fsp3) is 0.154. The molecule has 0 aliphatic rings. The Kier molecular flexibility index (Phi) is 4.25. The molecule has 2 rings (SSSR count). The fourth-order valence-corrected chi connectivity index (χ4v) is 2.48. The number of carboxylic acids is 1. The zero-order chi connectivity index (χ0) is 14.9. The maximum Gasteiger partial charge on any atom is 0.352 e. The summed E-state index contributed by atoms with van der Waals surface area (Å²) in [5.74, 6) is -0.170. The van der Waals surface area contributed by atoms with Crippen LogP contribution < -0.4 is 9.47 Å². The number of aromatic carboxylic acids is 1. The molecule has 5 nitrogen and oxygen atoms in total. The number of carbonyl (C=O) groups is 1. The number of nitrogens with zero attached hydrogens (tertiary/aromatic N) is 1. The van der Waals surface area contributed by atoms with E-state index in [9.17, 15) is 9.90 Å². The molecular formula is C13H11BrClNO4. The van der Waals surface area contributed by atoms with Crippen LogP contribution >= 0.6 is 27.5 Å². The van der Waals surface area contributed by atoms with Crippen molar-refractivity contribution in [3.8, 4) is 17.2 Å². The number of benzene rings is 1. The minimum atomic E-state index is -1.05. The smallest absolute Gasteiger partial charge is 0.352 e. The standard InChI is InChI=1S/C13H11BrClNO4/c1-19-11-5-9(12(20-2)4-8(11)15)16-6-7(14)3-10(16)13(17)18/h3-6H,1-2H3,(H,17,18). The van der Waals surface area contributed by atoms with Crippen LogP contribution in [0.3, 0.4) is 0 Å². The summed E-state index contributed by atoms with van der Waals surface area (Å²) in [5.41, 5.74) is 0.622. The lowest BCUT2D eigenvalue weighted by molar-refractivity contribution is 0.0688. The average molecular weight is 361 g/mol. The van der Waals surface area contributed by atoms with Gasteiger partial charge in [0.2, 0.25) is 0 Å². The van der Waals surface area contributed by atoms with Crippen molar-refractivity contribution in [3.05, 3.63) is 39.6 Å². The van der Waals surface area contributed by atoms with Gasteiger partial charge in [0.05, 0.1) is 24.9 Å². The molecule has 20 heavy (non-hydrogen) atoms. The third-order valence-corrected chi connectivity index (χ3v) is 3.45. The van der Waals surface area contributed by atoms with Crippen molar-refractivity contribution >= 4 is 33.5 Å². The van der Waals surface area contributed by atoms with Gasteiger partial charge in [0.25, 0.3) is 0 Å². The second-order valence-corrected chi connectivity index (χ2v) is 5.20. The van der Waals surface area contributed by atoms with Crippen LogP contribution in [-0.2, 0) is 0 Å². The van der Waals surface area contributed by atoms with Crippen LogP contribution in [0.25, 0.3) is 5.69 Å². The van der Waals surface area contributed by atoms with E-state index in [2.05, 4.69) is 15.9 Å². The molecule has 0 aliphatic carbocycles. The van der Waals surface area contributed by atoms with E-state index in [0.29, 0.717) is 26.7 Å². The first-order valence-corrected chi connectivity index (χ1v) is 6.68. The SMILES string of the molecule is COc1cc(-n2cc(Br)cc2C(=O)O)c(OC)cc1Cl. The Bertz CT molecular complexity index is 669. The number of methoxy groups -OCH3 is 2. The second kappa shape index (κ2) is 5.76. The maximum absolute atomic E-state index is 11.3. The van der Waals surface area contributed by atoms with Gasteiger partial charge in [-0.3, -0.25) is 0 Å². The number of halogens is 2. The second-order valence-electron chi connectivity index (χ2n) is 3.88. The van der Waals surface area contributed by atoms with Gasteiger partial charge >= 0.3 is 5.97 Å². The van der Waals surface area contributed by atoms with Crippen LogP contribution in [-0.4, -0.2) is 29.9 Å². The van der Waals surface area contributed by atoms with E-state index in [4.69, 9.17) is 21.1 Å². The molecule has 0 bridgehead atoms. The van der Waals surface area contributed by atoms with Gasteiger partial charge in [0.15, 0.2) is 0 Å². The molecule has 0 atom stereocenters. The number of aromatic nitrogens is 1. The third kappa shape index (κ3) is 2.62. The molecule has 1 heterocycles. The van der Waals surface area contributed by atoms with Crippen LogP contribution in [0.15, 0.2) is 28.9 Å². The van der Waals surface area contributed by atoms with Crippen molar-refractivity contribution < 1.29 is 19.4 Å². The van der Waals surface area contributed by atoms with Gasteiger partial charge in [-0.05, 0) is 22.0 Å². The molecule has 2 aromatic rings. The van der Waals surface area contributed by atoms with E-state index in [0.717, 1.165) is 0 Å². The normalized spacial score (nSPS) is 10.4. The van der Waals surface area contributed by atoms with Crippen molar-refractivity contribution in [1.29, 1.82) is 0 Å². The van der Waals surface area contributed by atoms with Gasteiger partial charge in [0, 0.05) is 22.8 Å². The highest BCUT2D eigenvalue weighted by Gasteiger charge is 2.18. The van der Waals surface area contributed by atoms with Crippen molar-refractivity contribution in [1.82, 2.24) is 4.57 Å². The molecule has 1 aromatic heterocycles. The molecular weight excluding hydrogens is 350 g/mol. The summed E-state index contributed by atoms with van der Waals surface area (Å²) in [6, 6.07) is 4.71. The zero-order valence-electron chi connectivity index (χ0n) is 10.7. The minimum absolute atomic E-state index is 0.0968. The van der Waals surface area contributed by atoms with E-state index < -0.39 is 5.97 Å². The molecule has 0 fully saturated rings. The molecule has 1 aromatic carbocycles. The van der Waals surface area contributed by atoms with Gasteiger partial charge in [-0.15, -0.1) is 0 Å². The maximum atomic E-state index is 11.3. The summed E-state index contributed by atoms with van der Waals surface area (Å²) in [6.07, 6.45) is 1.63. The van der Waals surface area contributed by atoms with Crippen LogP contribution in [0.4, 0.5) is 0 Å². The summed E-state index contributed by atoms with van der Waals surface area (Å²) in [7, 11) is 2.97. The largest absolute Gasteiger partial charge is 0.495 e. The van der Waals surface area contributed by atoms with E-state index in [1.807, 2.05) is 0 Å². The van der Waals surface area contributed by atoms with Crippen molar-refractivity contribution in [2.24, 2.45) is 0 Å². The van der Waals surface area contributed by atoms with Crippen LogP contribution in [0, 0.1) is 0 Å². The lowest BCUT2D eigenvalue weighted by atomic mass is 10.2. The van der Waals surface area contributed by atoms with E-state index in [-0.39, 0.29) is 5.69 Å². The Hall–Kier alpha value is -1.66. The van der Waals surface area contributed by atoms with E-state index >= 15 is 0 Å². The van der Waals surface area contributed by atoms with Crippen LogP contribution in [0.5, 0.6) is 11.5 Å². The lowest BCUT2D eigenvalue weighted by Crippen LogP contribution is -2.07. The molecule has 106 valence electrons. The van der Waals surface area contributed by atoms with Gasteiger partial charge in [-0.2, -0.15) is 0 Å². The van der Waals surface area contributed by atoms with Gasteiger partial charge in [-0.1, -0.05) is 11.6 Å². The molecule has 0 saturated heterocycles. The van der Waals surface area contributed by atoms with Crippen molar-refractivity contribution in [3.63, 3.8) is 0 Å². The van der Waals surface area contributed by atoms with Crippen LogP contribution in [0.2, 0.25) is 5.02 Å². The summed E-state index contributed by atoms with van der Waals surface area (Å²) >= 11 is 9.30. The molecule has 0 unspecified atom stereocenters. The number of ether oxygens (including phenoxy) is 2. The minimum Gasteiger partial charge on any atom is -0.495 e. The summed E-state index contributed by atoms with van der Waals surface area (Å²) in [5, 5.41) is 9.63. The molecule has 0 aliphatic heterocycles. The van der Waals surface area contributed by atoms with E-state index in [1.54, 1.807) is 18.3 Å². The Balaban J connectivity index is 2.71. The van der Waals surface area contributed by atoms with Crippen LogP contribution in [0.1, 0.15) is 10.5 Å². The predicted molar refractivity (Wildman–Crippen MR) is 78.5 cm³/mol. The molecule has 1 N–H and O–H groups in total. The first kappa shape index (κ1) is 14.7. The first-order chi connectivity index (χ1) is 9.47. The molecule has 0 spiro atoms. The summed E-state index contributed by atoms with van der Waals surface area (Å²) in [6.45, 7) is 0.